The molecule has 1 aromatic heterocycles. The van der Waals surface area contributed by atoms with Gasteiger partial charge in [-0.2, -0.15) is 0 Å². The number of aromatic nitrogens is 1. The first kappa shape index (κ1) is 19.9. The average Bonchev–Trinajstić information content (AvgIpc) is 3.15. The number of nitrogens with one attached hydrogen (secondary N) is 1. The predicted octanol–water partition coefficient (Wildman–Crippen LogP) is 3.69. The van der Waals surface area contributed by atoms with Gasteiger partial charge in [-0.3, -0.25) is 4.79 Å². The summed E-state index contributed by atoms with van der Waals surface area (Å²) >= 11 is 1.52. The van der Waals surface area contributed by atoms with Gasteiger partial charge in [-0.25, -0.2) is 4.98 Å². The van der Waals surface area contributed by atoms with E-state index >= 15 is 0 Å². The Kier molecular flexibility index (Phi) is 7.03. The van der Waals surface area contributed by atoms with Gasteiger partial charge in [0.05, 0.1) is 12.1 Å². The lowest BCUT2D eigenvalue weighted by molar-refractivity contribution is -0.120. The highest BCUT2D eigenvalue weighted by atomic mass is 32.1. The summed E-state index contributed by atoms with van der Waals surface area (Å²) in [5.41, 5.74) is 3.16. The van der Waals surface area contributed by atoms with Gasteiger partial charge in [0.25, 0.3) is 0 Å². The number of rotatable bonds is 9. The van der Waals surface area contributed by atoms with Gasteiger partial charge in [-0.05, 0) is 36.2 Å². The van der Waals surface area contributed by atoms with Gasteiger partial charge < -0.3 is 15.0 Å². The Balaban J connectivity index is 1.39. The molecule has 146 valence electrons. The number of anilines is 1. The van der Waals surface area contributed by atoms with E-state index in [0.717, 1.165) is 22.9 Å². The van der Waals surface area contributed by atoms with Crippen molar-refractivity contribution in [1.82, 2.24) is 10.3 Å². The van der Waals surface area contributed by atoms with Crippen molar-refractivity contribution in [3.05, 3.63) is 76.2 Å². The molecule has 0 atom stereocenters. The smallest absolute Gasteiger partial charge is 0.226 e. The molecule has 0 saturated heterocycles. The summed E-state index contributed by atoms with van der Waals surface area (Å²) in [4.78, 5) is 18.7. The molecule has 0 spiro atoms. The zero-order valence-corrected chi connectivity index (χ0v) is 17.0. The largest absolute Gasteiger partial charge is 0.486 e. The molecule has 0 saturated carbocycles. The van der Waals surface area contributed by atoms with E-state index in [1.165, 1.54) is 22.6 Å². The van der Waals surface area contributed by atoms with E-state index in [4.69, 9.17) is 4.74 Å². The Bertz CT molecular complexity index is 876. The fraction of sp³-hybridized carbons (Fsp3) is 0.273. The van der Waals surface area contributed by atoms with Crippen LogP contribution in [0, 0.1) is 0 Å². The fourth-order valence-electron chi connectivity index (χ4n) is 2.69. The molecular weight excluding hydrogens is 370 g/mol. The van der Waals surface area contributed by atoms with Crippen LogP contribution in [0.15, 0.2) is 60.0 Å². The van der Waals surface area contributed by atoms with E-state index < -0.39 is 0 Å². The van der Waals surface area contributed by atoms with Gasteiger partial charge in [0, 0.05) is 31.7 Å². The number of carbonyl (C=O) groups is 1. The SMILES string of the molecule is CN(C)c1ccc(CCNC(=O)Cc2csc(COc3ccccc3)n2)cc1. The molecule has 0 aliphatic carbocycles. The van der Waals surface area contributed by atoms with Gasteiger partial charge in [-0.15, -0.1) is 11.3 Å². The number of ether oxygens (including phenoxy) is 1. The van der Waals surface area contributed by atoms with Crippen LogP contribution in [0.4, 0.5) is 5.69 Å². The zero-order chi connectivity index (χ0) is 19.8. The highest BCUT2D eigenvalue weighted by Crippen LogP contribution is 2.15. The molecule has 0 aliphatic heterocycles. The lowest BCUT2D eigenvalue weighted by atomic mass is 10.1. The minimum Gasteiger partial charge on any atom is -0.486 e. The molecule has 0 bridgehead atoms. The Labute approximate surface area is 170 Å². The fourth-order valence-corrected chi connectivity index (χ4v) is 3.40. The van der Waals surface area contributed by atoms with Gasteiger partial charge in [-0.1, -0.05) is 30.3 Å². The van der Waals surface area contributed by atoms with Crippen molar-refractivity contribution in [3.8, 4) is 5.75 Å². The second kappa shape index (κ2) is 9.90. The van der Waals surface area contributed by atoms with Gasteiger partial charge in [0.1, 0.15) is 17.4 Å². The maximum Gasteiger partial charge on any atom is 0.226 e. The van der Waals surface area contributed by atoms with Crippen molar-refractivity contribution in [3.63, 3.8) is 0 Å². The van der Waals surface area contributed by atoms with Crippen LogP contribution in [0.5, 0.6) is 5.75 Å². The van der Waals surface area contributed by atoms with Crippen LogP contribution in [0.3, 0.4) is 0 Å². The number of carbonyl (C=O) groups excluding carboxylic acids is 1. The number of hydrogen-bond acceptors (Lipinski definition) is 5. The van der Waals surface area contributed by atoms with E-state index in [0.29, 0.717) is 19.6 Å². The molecule has 6 heteroatoms. The lowest BCUT2D eigenvalue weighted by Crippen LogP contribution is -2.27. The predicted molar refractivity (Wildman–Crippen MR) is 114 cm³/mol. The first-order valence-corrected chi connectivity index (χ1v) is 10.1. The summed E-state index contributed by atoms with van der Waals surface area (Å²) in [6, 6.07) is 18.0. The third-order valence-corrected chi connectivity index (χ3v) is 5.11. The third kappa shape index (κ3) is 6.09. The quantitative estimate of drug-likeness (QED) is 0.600. The minimum absolute atomic E-state index is 0.00857. The van der Waals surface area contributed by atoms with Crippen molar-refractivity contribution in [1.29, 1.82) is 0 Å². The molecule has 5 nitrogen and oxygen atoms in total. The van der Waals surface area contributed by atoms with Gasteiger partial charge in [0.15, 0.2) is 0 Å². The van der Waals surface area contributed by atoms with Crippen LogP contribution in [-0.2, 0) is 24.2 Å². The van der Waals surface area contributed by atoms with E-state index in [-0.39, 0.29) is 5.91 Å². The van der Waals surface area contributed by atoms with Crippen LogP contribution in [-0.4, -0.2) is 31.5 Å². The summed E-state index contributed by atoms with van der Waals surface area (Å²) in [7, 11) is 4.04. The highest BCUT2D eigenvalue weighted by molar-refractivity contribution is 7.09. The van der Waals surface area contributed by atoms with Crippen LogP contribution >= 0.6 is 11.3 Å². The van der Waals surface area contributed by atoms with E-state index in [2.05, 4.69) is 39.5 Å². The monoisotopic (exact) mass is 395 g/mol. The number of amides is 1. The van der Waals surface area contributed by atoms with Crippen LogP contribution < -0.4 is 15.0 Å². The highest BCUT2D eigenvalue weighted by Gasteiger charge is 2.08. The lowest BCUT2D eigenvalue weighted by Gasteiger charge is -2.12. The summed E-state index contributed by atoms with van der Waals surface area (Å²) in [6.07, 6.45) is 1.11. The Morgan fingerprint density at radius 3 is 2.57 bits per heavy atom. The molecule has 1 heterocycles. The molecule has 1 N–H and O–H groups in total. The molecule has 3 rings (SSSR count). The zero-order valence-electron chi connectivity index (χ0n) is 16.2. The van der Waals surface area contributed by atoms with E-state index in [1.54, 1.807) is 0 Å². The van der Waals surface area contributed by atoms with Crippen LogP contribution in [0.1, 0.15) is 16.3 Å². The Hall–Kier alpha value is -2.86. The minimum atomic E-state index is -0.00857. The number of hydrogen-bond donors (Lipinski definition) is 1. The third-order valence-electron chi connectivity index (χ3n) is 4.24. The van der Waals surface area contributed by atoms with Crippen LogP contribution in [0.25, 0.3) is 0 Å². The second-order valence-corrected chi connectivity index (χ2v) is 7.61. The Morgan fingerprint density at radius 1 is 1.11 bits per heavy atom. The van der Waals surface area contributed by atoms with Crippen molar-refractivity contribution in [2.75, 3.05) is 25.5 Å². The van der Waals surface area contributed by atoms with Crippen molar-refractivity contribution in [2.24, 2.45) is 0 Å². The van der Waals surface area contributed by atoms with Crippen molar-refractivity contribution in [2.45, 2.75) is 19.4 Å². The van der Waals surface area contributed by atoms with Gasteiger partial charge >= 0.3 is 0 Å². The van der Waals surface area contributed by atoms with Gasteiger partial charge in [0.2, 0.25) is 5.91 Å². The average molecular weight is 396 g/mol. The molecule has 2 aromatic carbocycles. The van der Waals surface area contributed by atoms with E-state index in [9.17, 15) is 4.79 Å². The molecule has 0 radical (unpaired) electrons. The number of nitrogens with zero attached hydrogens (tertiary/aromatic N) is 2. The maximum atomic E-state index is 12.2. The molecule has 0 unspecified atom stereocenters. The van der Waals surface area contributed by atoms with Crippen LogP contribution in [0.2, 0.25) is 0 Å². The topological polar surface area (TPSA) is 54.5 Å². The first-order chi connectivity index (χ1) is 13.6. The van der Waals surface area contributed by atoms with Crippen molar-refractivity contribution >= 4 is 22.9 Å². The normalized spacial score (nSPS) is 10.5. The first-order valence-electron chi connectivity index (χ1n) is 9.24. The summed E-state index contributed by atoms with van der Waals surface area (Å²) < 4.78 is 5.69. The molecule has 1 amide bonds. The molecule has 0 fully saturated rings. The summed E-state index contributed by atoms with van der Waals surface area (Å²) in [5.74, 6) is 0.807. The van der Waals surface area contributed by atoms with Crippen molar-refractivity contribution < 1.29 is 9.53 Å². The molecule has 28 heavy (non-hydrogen) atoms. The molecule has 3 aromatic rings. The number of para-hydroxylation sites is 1. The van der Waals surface area contributed by atoms with E-state index in [1.807, 2.05) is 49.8 Å². The standard InChI is InChI=1S/C22H25N3O2S/c1-25(2)19-10-8-17(9-11-19)12-13-23-21(26)14-18-16-28-22(24-18)15-27-20-6-4-3-5-7-20/h3-11,16H,12-15H2,1-2H3,(H,23,26). The molecular formula is C22H25N3O2S. The second-order valence-electron chi connectivity index (χ2n) is 6.67. The maximum absolute atomic E-state index is 12.2. The number of benzene rings is 2. The Morgan fingerprint density at radius 2 is 1.86 bits per heavy atom. The summed E-state index contributed by atoms with van der Waals surface area (Å²) in [5, 5.41) is 5.76. The number of thiazole rings is 1. The summed E-state index contributed by atoms with van der Waals surface area (Å²) in [6.45, 7) is 1.04. The molecule has 0 aliphatic rings.